The fourth-order valence-corrected chi connectivity index (χ4v) is 4.05. The van der Waals surface area contributed by atoms with E-state index in [1.165, 1.54) is 34.9 Å². The van der Waals surface area contributed by atoms with Crippen molar-refractivity contribution < 1.29 is 13.6 Å². The second kappa shape index (κ2) is 9.32. The van der Waals surface area contributed by atoms with Gasteiger partial charge in [0.05, 0.1) is 23.2 Å². The van der Waals surface area contributed by atoms with Crippen LogP contribution in [0.1, 0.15) is 11.1 Å². The average Bonchev–Trinajstić information content (AvgIpc) is 2.78. The molecular formula is C24H19F2N3O2S. The number of carbonyl (C=O) groups is 1. The summed E-state index contributed by atoms with van der Waals surface area (Å²) in [5, 5.41) is 3.59. The largest absolute Gasteiger partial charge is 0.325 e. The third-order valence-corrected chi connectivity index (χ3v) is 5.85. The molecule has 0 atom stereocenters. The van der Waals surface area contributed by atoms with E-state index in [1.54, 1.807) is 43.3 Å². The van der Waals surface area contributed by atoms with Gasteiger partial charge in [0.2, 0.25) is 5.91 Å². The zero-order valence-electron chi connectivity index (χ0n) is 17.1. The van der Waals surface area contributed by atoms with Crippen molar-refractivity contribution in [3.8, 4) is 0 Å². The van der Waals surface area contributed by atoms with E-state index in [0.717, 1.165) is 17.3 Å². The SMILES string of the molecule is Cc1cc(F)ccc1NC(=O)CSc1nc2ccccc2c(=O)n1Cc1ccc(F)cc1. The molecule has 0 bridgehead atoms. The van der Waals surface area contributed by atoms with E-state index in [9.17, 15) is 18.4 Å². The predicted octanol–water partition coefficient (Wildman–Crippen LogP) is 4.76. The molecule has 5 nitrogen and oxygen atoms in total. The maximum Gasteiger partial charge on any atom is 0.262 e. The molecule has 32 heavy (non-hydrogen) atoms. The maximum atomic E-state index is 13.3. The summed E-state index contributed by atoms with van der Waals surface area (Å²) in [5.74, 6) is -1.04. The van der Waals surface area contributed by atoms with Crippen molar-refractivity contribution in [3.63, 3.8) is 0 Å². The lowest BCUT2D eigenvalue weighted by Gasteiger charge is -2.14. The van der Waals surface area contributed by atoms with Gasteiger partial charge in [-0.2, -0.15) is 0 Å². The highest BCUT2D eigenvalue weighted by Gasteiger charge is 2.14. The van der Waals surface area contributed by atoms with E-state index in [0.29, 0.717) is 27.3 Å². The van der Waals surface area contributed by atoms with Crippen LogP contribution in [0.25, 0.3) is 10.9 Å². The molecule has 1 aromatic heterocycles. The number of nitrogens with zero attached hydrogens (tertiary/aromatic N) is 2. The number of carbonyl (C=O) groups excluding carboxylic acids is 1. The van der Waals surface area contributed by atoms with Crippen molar-refractivity contribution in [2.45, 2.75) is 18.6 Å². The van der Waals surface area contributed by atoms with Gasteiger partial charge in [0.15, 0.2) is 5.16 Å². The molecule has 0 aliphatic heterocycles. The number of nitrogens with one attached hydrogen (secondary N) is 1. The molecule has 0 spiro atoms. The number of anilines is 1. The highest BCUT2D eigenvalue weighted by atomic mass is 32.2. The molecule has 4 rings (SSSR count). The second-order valence-electron chi connectivity index (χ2n) is 7.23. The van der Waals surface area contributed by atoms with Gasteiger partial charge in [0.25, 0.3) is 5.56 Å². The molecule has 1 heterocycles. The van der Waals surface area contributed by atoms with Crippen LogP contribution in [0.3, 0.4) is 0 Å². The van der Waals surface area contributed by atoms with Crippen LogP contribution >= 0.6 is 11.8 Å². The third kappa shape index (κ3) is 4.86. The van der Waals surface area contributed by atoms with Crippen molar-refractivity contribution in [1.82, 2.24) is 9.55 Å². The molecule has 1 N–H and O–H groups in total. The number of halogens is 2. The summed E-state index contributed by atoms with van der Waals surface area (Å²) in [6, 6.07) is 17.0. The Kier molecular flexibility index (Phi) is 6.32. The number of amides is 1. The van der Waals surface area contributed by atoms with Gasteiger partial charge in [-0.1, -0.05) is 36.0 Å². The minimum Gasteiger partial charge on any atom is -0.325 e. The van der Waals surface area contributed by atoms with Crippen molar-refractivity contribution in [1.29, 1.82) is 0 Å². The molecule has 1 amide bonds. The number of benzene rings is 3. The van der Waals surface area contributed by atoms with E-state index in [4.69, 9.17) is 0 Å². The normalized spacial score (nSPS) is 11.0. The van der Waals surface area contributed by atoms with Crippen LogP contribution in [0.5, 0.6) is 0 Å². The van der Waals surface area contributed by atoms with Crippen molar-refractivity contribution in [3.05, 3.63) is 99.8 Å². The molecule has 0 aliphatic carbocycles. The smallest absolute Gasteiger partial charge is 0.262 e. The molecular weight excluding hydrogens is 432 g/mol. The van der Waals surface area contributed by atoms with Gasteiger partial charge < -0.3 is 5.32 Å². The first kappa shape index (κ1) is 21.7. The van der Waals surface area contributed by atoms with Gasteiger partial charge >= 0.3 is 0 Å². The molecule has 4 aromatic rings. The lowest BCUT2D eigenvalue weighted by molar-refractivity contribution is -0.113. The number of aromatic nitrogens is 2. The van der Waals surface area contributed by atoms with Crippen LogP contribution in [0.15, 0.2) is 76.7 Å². The summed E-state index contributed by atoms with van der Waals surface area (Å²) in [6.45, 7) is 1.90. The molecule has 0 aliphatic rings. The molecule has 3 aromatic carbocycles. The van der Waals surface area contributed by atoms with Crippen LogP contribution in [0.4, 0.5) is 14.5 Å². The summed E-state index contributed by atoms with van der Waals surface area (Å²) in [7, 11) is 0. The van der Waals surface area contributed by atoms with Crippen molar-refractivity contribution in [2.75, 3.05) is 11.1 Å². The summed E-state index contributed by atoms with van der Waals surface area (Å²) >= 11 is 1.13. The van der Waals surface area contributed by atoms with Crippen LogP contribution < -0.4 is 10.9 Å². The Hall–Kier alpha value is -3.52. The number of fused-ring (bicyclic) bond motifs is 1. The molecule has 8 heteroatoms. The highest BCUT2D eigenvalue weighted by Crippen LogP contribution is 2.21. The zero-order chi connectivity index (χ0) is 22.7. The van der Waals surface area contributed by atoms with Gasteiger partial charge in [-0.05, 0) is 60.5 Å². The Morgan fingerprint density at radius 1 is 1.03 bits per heavy atom. The van der Waals surface area contributed by atoms with Gasteiger partial charge in [0.1, 0.15) is 11.6 Å². The Morgan fingerprint density at radius 2 is 1.75 bits per heavy atom. The number of aryl methyl sites for hydroxylation is 1. The number of hydrogen-bond acceptors (Lipinski definition) is 4. The first-order valence-electron chi connectivity index (χ1n) is 9.83. The van der Waals surface area contributed by atoms with E-state index < -0.39 is 0 Å². The fourth-order valence-electron chi connectivity index (χ4n) is 3.25. The lowest BCUT2D eigenvalue weighted by atomic mass is 10.2. The van der Waals surface area contributed by atoms with E-state index >= 15 is 0 Å². The van der Waals surface area contributed by atoms with Crippen LogP contribution in [0, 0.1) is 18.6 Å². The van der Waals surface area contributed by atoms with Crippen LogP contribution in [0.2, 0.25) is 0 Å². The predicted molar refractivity (Wildman–Crippen MR) is 122 cm³/mol. The average molecular weight is 451 g/mol. The van der Waals surface area contributed by atoms with Crippen LogP contribution in [-0.2, 0) is 11.3 Å². The minimum atomic E-state index is -0.375. The second-order valence-corrected chi connectivity index (χ2v) is 8.17. The Morgan fingerprint density at radius 3 is 2.50 bits per heavy atom. The Bertz CT molecular complexity index is 1350. The lowest BCUT2D eigenvalue weighted by Crippen LogP contribution is -2.25. The van der Waals surface area contributed by atoms with E-state index in [-0.39, 0.29) is 35.4 Å². The van der Waals surface area contributed by atoms with Gasteiger partial charge in [-0.15, -0.1) is 0 Å². The van der Waals surface area contributed by atoms with E-state index in [1.807, 2.05) is 0 Å². The van der Waals surface area contributed by atoms with Crippen molar-refractivity contribution in [2.24, 2.45) is 0 Å². The summed E-state index contributed by atoms with van der Waals surface area (Å²) in [6.07, 6.45) is 0. The first-order chi connectivity index (χ1) is 15.4. The zero-order valence-corrected chi connectivity index (χ0v) is 18.0. The van der Waals surface area contributed by atoms with Gasteiger partial charge in [-0.25, -0.2) is 13.8 Å². The summed E-state index contributed by atoms with van der Waals surface area (Å²) < 4.78 is 28.1. The molecule has 162 valence electrons. The van der Waals surface area contributed by atoms with Gasteiger partial charge in [-0.3, -0.25) is 14.2 Å². The topological polar surface area (TPSA) is 64.0 Å². The minimum absolute atomic E-state index is 0.00497. The quantitative estimate of drug-likeness (QED) is 0.339. The number of para-hydroxylation sites is 1. The van der Waals surface area contributed by atoms with Gasteiger partial charge in [0, 0.05) is 5.69 Å². The summed E-state index contributed by atoms with van der Waals surface area (Å²) in [4.78, 5) is 30.2. The van der Waals surface area contributed by atoms with E-state index in [2.05, 4.69) is 10.3 Å². The molecule has 0 saturated heterocycles. The Balaban J connectivity index is 1.61. The third-order valence-electron chi connectivity index (χ3n) is 4.88. The fraction of sp³-hybridized carbons (Fsp3) is 0.125. The van der Waals surface area contributed by atoms with Crippen LogP contribution in [-0.4, -0.2) is 21.2 Å². The maximum absolute atomic E-state index is 13.3. The number of thioether (sulfide) groups is 1. The Labute approximate surface area is 187 Å². The molecule has 0 unspecified atom stereocenters. The molecule has 0 radical (unpaired) electrons. The molecule has 0 fully saturated rings. The number of rotatable bonds is 6. The first-order valence-corrected chi connectivity index (χ1v) is 10.8. The van der Waals surface area contributed by atoms with Crippen molar-refractivity contribution >= 4 is 34.3 Å². The summed E-state index contributed by atoms with van der Waals surface area (Å²) in [5.41, 5.74) is 2.16. The standard InChI is InChI=1S/C24H19F2N3O2S/c1-15-12-18(26)10-11-20(15)27-22(30)14-32-24-28-21-5-3-2-4-19(21)23(31)29(24)13-16-6-8-17(25)9-7-16/h2-12H,13-14H2,1H3,(H,27,30). The number of hydrogen-bond donors (Lipinski definition) is 1. The monoisotopic (exact) mass is 451 g/mol. The molecule has 0 saturated carbocycles. The highest BCUT2D eigenvalue weighted by molar-refractivity contribution is 7.99.